The van der Waals surface area contributed by atoms with Crippen molar-refractivity contribution in [3.05, 3.63) is 12.2 Å². The largest absolute Gasteiger partial charge is 0.393 e. The molecular weight excluding hydrogens is 264 g/mol. The number of hydrogen-bond acceptors (Lipinski definition) is 6. The predicted molar refractivity (Wildman–Crippen MR) is 59.3 cm³/mol. The Bertz CT molecular complexity index is 582. The Labute approximate surface area is 113 Å². The maximum Gasteiger partial charge on any atom is 0.318 e. The third kappa shape index (κ3) is 0.910. The first-order valence-corrected chi connectivity index (χ1v) is 6.79. The van der Waals surface area contributed by atoms with Crippen LogP contribution >= 0.6 is 0 Å². The maximum atomic E-state index is 11.9. The molecule has 2 saturated heterocycles. The van der Waals surface area contributed by atoms with Crippen LogP contribution in [0.25, 0.3) is 0 Å². The minimum absolute atomic E-state index is 0.0614. The summed E-state index contributed by atoms with van der Waals surface area (Å²) < 4.78 is 9.50. The van der Waals surface area contributed by atoms with Crippen molar-refractivity contribution >= 4 is 23.9 Å². The fourth-order valence-corrected chi connectivity index (χ4v) is 5.20. The highest BCUT2D eigenvalue weighted by molar-refractivity contribution is 6.01. The van der Waals surface area contributed by atoms with Crippen LogP contribution in [-0.2, 0) is 28.7 Å². The average molecular weight is 274 g/mol. The topological polar surface area (TPSA) is 86.7 Å². The number of fused-ring (bicyclic) bond motifs is 1. The molecule has 6 aliphatic rings. The number of hydrogen-bond donors (Lipinski definition) is 0. The van der Waals surface area contributed by atoms with Gasteiger partial charge in [0, 0.05) is 0 Å². The van der Waals surface area contributed by atoms with Crippen molar-refractivity contribution in [3.8, 4) is 0 Å². The van der Waals surface area contributed by atoms with Crippen LogP contribution in [0.1, 0.15) is 0 Å². The number of esters is 4. The van der Waals surface area contributed by atoms with Crippen molar-refractivity contribution in [3.63, 3.8) is 0 Å². The van der Waals surface area contributed by atoms with E-state index in [2.05, 4.69) is 0 Å². The third-order valence-electron chi connectivity index (χ3n) is 5.81. The molecule has 0 aromatic rings. The number of ether oxygens (including phenoxy) is 2. The van der Waals surface area contributed by atoms with E-state index >= 15 is 0 Å². The van der Waals surface area contributed by atoms with Crippen LogP contribution < -0.4 is 0 Å². The van der Waals surface area contributed by atoms with Gasteiger partial charge >= 0.3 is 23.9 Å². The number of cyclic esters (lactones) is 4. The number of rotatable bonds is 0. The molecule has 102 valence electrons. The molecule has 0 aromatic carbocycles. The second kappa shape index (κ2) is 3.02. The van der Waals surface area contributed by atoms with Crippen molar-refractivity contribution in [2.45, 2.75) is 0 Å². The highest BCUT2D eigenvalue weighted by atomic mass is 16.6. The van der Waals surface area contributed by atoms with E-state index in [9.17, 15) is 19.2 Å². The van der Waals surface area contributed by atoms with Gasteiger partial charge in [0.15, 0.2) is 0 Å². The van der Waals surface area contributed by atoms with Gasteiger partial charge in [-0.15, -0.1) is 0 Å². The normalized spacial score (nSPS) is 54.0. The van der Waals surface area contributed by atoms with Gasteiger partial charge in [0.05, 0.1) is 23.7 Å². The fourth-order valence-electron chi connectivity index (χ4n) is 5.20. The van der Waals surface area contributed by atoms with Gasteiger partial charge in [0.2, 0.25) is 0 Å². The van der Waals surface area contributed by atoms with E-state index in [-0.39, 0.29) is 23.7 Å². The molecule has 2 bridgehead atoms. The zero-order chi connectivity index (χ0) is 13.8. The van der Waals surface area contributed by atoms with E-state index in [4.69, 9.17) is 9.47 Å². The molecule has 0 unspecified atom stereocenters. The third-order valence-corrected chi connectivity index (χ3v) is 5.81. The molecule has 8 atom stereocenters. The zero-order valence-corrected chi connectivity index (χ0v) is 10.2. The lowest BCUT2D eigenvalue weighted by atomic mass is 9.40. The standard InChI is InChI=1S/C14H10O6/c15-11-7-3-1-2-4(8(7)12(16)19-11)6-5(3)9-10(6)14(18)20-13(9)17/h1-10H/t3-,4+,5+,6-,7+,8-,9-,10-/m0/s1. The van der Waals surface area contributed by atoms with Crippen molar-refractivity contribution in [1.29, 1.82) is 0 Å². The molecule has 6 heteroatoms. The lowest BCUT2D eigenvalue weighted by Gasteiger charge is -2.59. The van der Waals surface area contributed by atoms with Gasteiger partial charge in [-0.05, 0) is 23.7 Å². The van der Waals surface area contributed by atoms with Gasteiger partial charge < -0.3 is 9.47 Å². The number of carbonyl (C=O) groups is 4. The summed E-state index contributed by atoms with van der Waals surface area (Å²) in [4.78, 5) is 47.3. The average Bonchev–Trinajstić information content (AvgIpc) is 2.78. The SMILES string of the molecule is O=C1OC(=O)[C@H]2[C@@H]3C=C[C@H]([C@@H]12)[C@H]1[C@@H]2C(=O)OC(=O)[C@H]2[C@@H]31. The Morgan fingerprint density at radius 1 is 0.600 bits per heavy atom. The first-order chi connectivity index (χ1) is 9.59. The summed E-state index contributed by atoms with van der Waals surface area (Å²) in [6, 6.07) is 0. The summed E-state index contributed by atoms with van der Waals surface area (Å²) in [5.74, 6) is -4.26. The van der Waals surface area contributed by atoms with E-state index in [0.717, 1.165) is 0 Å². The highest BCUT2D eigenvalue weighted by Gasteiger charge is 2.74. The highest BCUT2D eigenvalue weighted by Crippen LogP contribution is 2.67. The smallest absolute Gasteiger partial charge is 0.318 e. The molecular formula is C14H10O6. The van der Waals surface area contributed by atoms with Crippen molar-refractivity contribution in [1.82, 2.24) is 0 Å². The van der Waals surface area contributed by atoms with E-state index < -0.39 is 47.5 Å². The summed E-state index contributed by atoms with van der Waals surface area (Å²) in [6.07, 6.45) is 3.83. The lowest BCUT2D eigenvalue weighted by molar-refractivity contribution is -0.166. The molecule has 20 heavy (non-hydrogen) atoms. The fraction of sp³-hybridized carbons (Fsp3) is 0.571. The van der Waals surface area contributed by atoms with Crippen molar-refractivity contribution < 1.29 is 28.7 Å². The Balaban J connectivity index is 1.63. The Hall–Kier alpha value is -1.98. The van der Waals surface area contributed by atoms with Gasteiger partial charge in [-0.3, -0.25) is 19.2 Å². The lowest BCUT2D eigenvalue weighted by Crippen LogP contribution is -2.63. The van der Waals surface area contributed by atoms with E-state index in [1.165, 1.54) is 0 Å². The molecule has 2 heterocycles. The second-order valence-corrected chi connectivity index (χ2v) is 6.28. The van der Waals surface area contributed by atoms with Gasteiger partial charge in [-0.25, -0.2) is 0 Å². The van der Waals surface area contributed by atoms with E-state index in [0.29, 0.717) is 0 Å². The van der Waals surface area contributed by atoms with Crippen LogP contribution in [0.5, 0.6) is 0 Å². The molecule has 0 aromatic heterocycles. The van der Waals surface area contributed by atoms with E-state index in [1.807, 2.05) is 12.2 Å². The second-order valence-electron chi connectivity index (χ2n) is 6.28. The van der Waals surface area contributed by atoms with Gasteiger partial charge in [0.1, 0.15) is 0 Å². The monoisotopic (exact) mass is 274 g/mol. The summed E-state index contributed by atoms with van der Waals surface area (Å²) in [7, 11) is 0. The molecule has 2 aliphatic heterocycles. The summed E-state index contributed by atoms with van der Waals surface area (Å²) in [6.45, 7) is 0. The van der Waals surface area contributed by atoms with Gasteiger partial charge in [-0.1, -0.05) is 12.2 Å². The Morgan fingerprint density at radius 3 is 1.35 bits per heavy atom. The van der Waals surface area contributed by atoms with Crippen molar-refractivity contribution in [2.24, 2.45) is 47.3 Å². The predicted octanol–water partition coefficient (Wildman–Crippen LogP) is -0.320. The molecule has 0 radical (unpaired) electrons. The quantitative estimate of drug-likeness (QED) is 0.342. The van der Waals surface area contributed by atoms with Crippen LogP contribution in [0.15, 0.2) is 12.2 Å². The van der Waals surface area contributed by atoms with Gasteiger partial charge in [0.25, 0.3) is 0 Å². The van der Waals surface area contributed by atoms with Crippen LogP contribution in [0.2, 0.25) is 0 Å². The van der Waals surface area contributed by atoms with Crippen LogP contribution in [0.4, 0.5) is 0 Å². The Kier molecular flexibility index (Phi) is 1.63. The summed E-state index contributed by atoms with van der Waals surface area (Å²) >= 11 is 0. The van der Waals surface area contributed by atoms with Gasteiger partial charge in [-0.2, -0.15) is 0 Å². The first kappa shape index (κ1) is 10.8. The van der Waals surface area contributed by atoms with Crippen LogP contribution in [-0.4, -0.2) is 23.9 Å². The van der Waals surface area contributed by atoms with Crippen LogP contribution in [0.3, 0.4) is 0 Å². The minimum atomic E-state index is -0.487. The van der Waals surface area contributed by atoms with Crippen LogP contribution in [0, 0.1) is 47.3 Å². The number of carbonyl (C=O) groups excluding carboxylic acids is 4. The summed E-state index contributed by atoms with van der Waals surface area (Å²) in [5.41, 5.74) is 0. The van der Waals surface area contributed by atoms with Crippen molar-refractivity contribution in [2.75, 3.05) is 0 Å². The zero-order valence-electron chi connectivity index (χ0n) is 10.2. The molecule has 4 fully saturated rings. The molecule has 4 aliphatic carbocycles. The Morgan fingerprint density at radius 2 is 0.950 bits per heavy atom. The molecule has 0 spiro atoms. The van der Waals surface area contributed by atoms with E-state index in [1.54, 1.807) is 0 Å². The first-order valence-electron chi connectivity index (χ1n) is 6.79. The molecule has 2 saturated carbocycles. The summed E-state index contributed by atoms with van der Waals surface area (Å²) in [5, 5.41) is 0. The molecule has 6 nitrogen and oxygen atoms in total. The minimum Gasteiger partial charge on any atom is -0.393 e. The molecule has 6 rings (SSSR count). The molecule has 0 amide bonds. The molecule has 0 N–H and O–H groups in total. The number of allylic oxidation sites excluding steroid dienone is 2. The maximum absolute atomic E-state index is 11.9.